The first-order valence-electron chi connectivity index (χ1n) is 11.1. The molecule has 2 heterocycles. The van der Waals surface area contributed by atoms with Crippen LogP contribution in [-0.4, -0.2) is 21.5 Å². The zero-order valence-corrected chi connectivity index (χ0v) is 21.3. The van der Waals surface area contributed by atoms with Crippen LogP contribution in [0.4, 0.5) is 5.69 Å². The van der Waals surface area contributed by atoms with Gasteiger partial charge in [0.1, 0.15) is 5.57 Å². The average Bonchev–Trinajstić information content (AvgIpc) is 3.06. The molecule has 0 atom stereocenters. The number of nitrogens with zero attached hydrogens (tertiary/aromatic N) is 2. The fourth-order valence-electron chi connectivity index (χ4n) is 4.20. The zero-order chi connectivity index (χ0) is 24.7. The number of hydrogen-bond acceptors (Lipinski definition) is 3. The first-order valence-corrected chi connectivity index (χ1v) is 11.8. The van der Waals surface area contributed by atoms with Crippen LogP contribution < -0.4 is 10.2 Å². The molecule has 7 heteroatoms. The van der Waals surface area contributed by atoms with E-state index in [1.54, 1.807) is 6.08 Å². The van der Waals surface area contributed by atoms with Crippen LogP contribution in [0.3, 0.4) is 0 Å². The molecule has 0 aliphatic carbocycles. The Labute approximate surface area is 210 Å². The zero-order valence-electron chi connectivity index (χ0n) is 19.8. The number of amides is 2. The molecule has 1 N–H and O–H groups in total. The highest BCUT2D eigenvalue weighted by molar-refractivity contribution is 7.80. The first-order chi connectivity index (χ1) is 16.1. The quantitative estimate of drug-likeness (QED) is 0.276. The van der Waals surface area contributed by atoms with E-state index in [4.69, 9.17) is 23.8 Å². The lowest BCUT2D eigenvalue weighted by Gasteiger charge is -2.29. The molecule has 2 aromatic carbocycles. The number of aromatic nitrogens is 1. The Morgan fingerprint density at radius 1 is 1.03 bits per heavy atom. The molecule has 1 saturated heterocycles. The van der Waals surface area contributed by atoms with Crippen molar-refractivity contribution in [3.63, 3.8) is 0 Å². The lowest BCUT2D eigenvalue weighted by atomic mass is 10.0. The number of thiocarbonyl (C=S) groups is 1. The summed E-state index contributed by atoms with van der Waals surface area (Å²) >= 11 is 11.7. The SMILES string of the molecule is Cc1c(Cl)cccc1-n1c(C)cc(/C=C2\C(=O)NC(=S)N(c3ccc(C(C)C)cc3)C2=O)c1C. The van der Waals surface area contributed by atoms with Crippen LogP contribution in [-0.2, 0) is 9.59 Å². The van der Waals surface area contributed by atoms with Crippen LogP contribution in [0.15, 0.2) is 54.1 Å². The molecule has 4 rings (SSSR count). The summed E-state index contributed by atoms with van der Waals surface area (Å²) in [5.41, 5.74) is 6.36. The summed E-state index contributed by atoms with van der Waals surface area (Å²) in [4.78, 5) is 27.6. The van der Waals surface area contributed by atoms with Crippen LogP contribution in [0.5, 0.6) is 0 Å². The molecule has 0 saturated carbocycles. The predicted molar refractivity (Wildman–Crippen MR) is 142 cm³/mol. The number of halogens is 1. The van der Waals surface area contributed by atoms with Gasteiger partial charge in [-0.2, -0.15) is 0 Å². The molecule has 0 bridgehead atoms. The van der Waals surface area contributed by atoms with E-state index < -0.39 is 11.8 Å². The fourth-order valence-corrected chi connectivity index (χ4v) is 4.65. The molecule has 2 amide bonds. The molecule has 34 heavy (non-hydrogen) atoms. The molecule has 174 valence electrons. The van der Waals surface area contributed by atoms with Gasteiger partial charge in [0.05, 0.1) is 5.69 Å². The second-order valence-corrected chi connectivity index (χ2v) is 9.54. The molecular weight excluding hydrogens is 466 g/mol. The molecule has 1 aromatic heterocycles. The van der Waals surface area contributed by atoms with Crippen LogP contribution in [0.1, 0.15) is 47.8 Å². The van der Waals surface area contributed by atoms with Gasteiger partial charge >= 0.3 is 0 Å². The van der Waals surface area contributed by atoms with E-state index in [0.29, 0.717) is 16.6 Å². The van der Waals surface area contributed by atoms with Crippen molar-refractivity contribution < 1.29 is 9.59 Å². The normalized spacial score (nSPS) is 15.4. The molecule has 0 radical (unpaired) electrons. The lowest BCUT2D eigenvalue weighted by molar-refractivity contribution is -0.122. The van der Waals surface area contributed by atoms with Gasteiger partial charge in [0.25, 0.3) is 11.8 Å². The number of anilines is 1. The summed E-state index contributed by atoms with van der Waals surface area (Å²) in [6.45, 7) is 10.1. The van der Waals surface area contributed by atoms with Crippen molar-refractivity contribution in [3.05, 3.63) is 87.2 Å². The topological polar surface area (TPSA) is 54.3 Å². The van der Waals surface area contributed by atoms with Gasteiger partial charge in [-0.1, -0.05) is 43.6 Å². The predicted octanol–water partition coefficient (Wildman–Crippen LogP) is 6.01. The van der Waals surface area contributed by atoms with Gasteiger partial charge in [-0.05, 0) is 92.0 Å². The molecule has 1 aliphatic rings. The van der Waals surface area contributed by atoms with Gasteiger partial charge in [-0.25, -0.2) is 0 Å². The maximum absolute atomic E-state index is 13.4. The Balaban J connectivity index is 1.75. The highest BCUT2D eigenvalue weighted by Crippen LogP contribution is 2.29. The van der Waals surface area contributed by atoms with Gasteiger partial charge in [0.2, 0.25) is 0 Å². The summed E-state index contributed by atoms with van der Waals surface area (Å²) in [5, 5.41) is 3.41. The molecule has 0 unspecified atom stereocenters. The average molecular weight is 492 g/mol. The van der Waals surface area contributed by atoms with Crippen LogP contribution in [0.2, 0.25) is 5.02 Å². The Morgan fingerprint density at radius 3 is 2.35 bits per heavy atom. The van der Waals surface area contributed by atoms with Gasteiger partial charge in [0.15, 0.2) is 5.11 Å². The monoisotopic (exact) mass is 491 g/mol. The molecular formula is C27H26ClN3O2S. The summed E-state index contributed by atoms with van der Waals surface area (Å²) in [7, 11) is 0. The van der Waals surface area contributed by atoms with E-state index in [9.17, 15) is 9.59 Å². The van der Waals surface area contributed by atoms with Crippen molar-refractivity contribution in [2.24, 2.45) is 0 Å². The third kappa shape index (κ3) is 4.19. The molecule has 3 aromatic rings. The smallest absolute Gasteiger partial charge is 0.270 e. The van der Waals surface area contributed by atoms with Crippen molar-refractivity contribution in [2.75, 3.05) is 4.90 Å². The van der Waals surface area contributed by atoms with Crippen molar-refractivity contribution in [1.82, 2.24) is 9.88 Å². The Bertz CT molecular complexity index is 1350. The number of benzene rings is 2. The largest absolute Gasteiger partial charge is 0.318 e. The Morgan fingerprint density at radius 2 is 1.71 bits per heavy atom. The minimum atomic E-state index is -0.506. The number of hydrogen-bond donors (Lipinski definition) is 1. The number of nitrogens with one attached hydrogen (secondary N) is 1. The third-order valence-electron chi connectivity index (χ3n) is 6.17. The van der Waals surface area contributed by atoms with Crippen LogP contribution >= 0.6 is 23.8 Å². The van der Waals surface area contributed by atoms with E-state index in [1.165, 1.54) is 4.90 Å². The van der Waals surface area contributed by atoms with Crippen molar-refractivity contribution in [2.45, 2.75) is 40.5 Å². The molecule has 1 fully saturated rings. The highest BCUT2D eigenvalue weighted by atomic mass is 35.5. The summed E-state index contributed by atoms with van der Waals surface area (Å²) < 4.78 is 2.08. The first kappa shape index (κ1) is 23.9. The standard InChI is InChI=1S/C27H26ClN3O2S/c1-15(2)19-9-11-21(12-10-19)31-26(33)22(25(32)29-27(31)34)14-20-13-16(3)30(18(20)5)24-8-6-7-23(28)17(24)4/h6-15H,1-5H3,(H,29,32,34)/b22-14+. The summed E-state index contributed by atoms with van der Waals surface area (Å²) in [5.74, 6) is -0.588. The van der Waals surface area contributed by atoms with Crippen molar-refractivity contribution >= 4 is 52.5 Å². The number of rotatable bonds is 4. The lowest BCUT2D eigenvalue weighted by Crippen LogP contribution is -2.54. The van der Waals surface area contributed by atoms with Gasteiger partial charge in [-0.3, -0.25) is 19.8 Å². The second-order valence-electron chi connectivity index (χ2n) is 8.75. The third-order valence-corrected chi connectivity index (χ3v) is 6.86. The minimum Gasteiger partial charge on any atom is -0.318 e. The van der Waals surface area contributed by atoms with E-state index in [1.807, 2.05) is 69.3 Å². The Hall–Kier alpha value is -3.22. The van der Waals surface area contributed by atoms with Gasteiger partial charge in [-0.15, -0.1) is 0 Å². The van der Waals surface area contributed by atoms with Crippen LogP contribution in [0, 0.1) is 20.8 Å². The maximum atomic E-state index is 13.4. The van der Waals surface area contributed by atoms with E-state index in [2.05, 4.69) is 23.7 Å². The van der Waals surface area contributed by atoms with E-state index in [-0.39, 0.29) is 10.7 Å². The van der Waals surface area contributed by atoms with Gasteiger partial charge in [0, 0.05) is 22.1 Å². The van der Waals surface area contributed by atoms with Crippen molar-refractivity contribution in [1.29, 1.82) is 0 Å². The molecule has 1 aliphatic heterocycles. The number of carbonyl (C=O) groups is 2. The van der Waals surface area contributed by atoms with Gasteiger partial charge < -0.3 is 4.57 Å². The summed E-state index contributed by atoms with van der Waals surface area (Å²) in [6.07, 6.45) is 1.63. The maximum Gasteiger partial charge on any atom is 0.270 e. The van der Waals surface area contributed by atoms with Crippen LogP contribution in [0.25, 0.3) is 11.8 Å². The number of carbonyl (C=O) groups excluding carboxylic acids is 2. The van der Waals surface area contributed by atoms with E-state index >= 15 is 0 Å². The molecule has 5 nitrogen and oxygen atoms in total. The second kappa shape index (κ2) is 9.20. The molecule has 0 spiro atoms. The van der Waals surface area contributed by atoms with E-state index in [0.717, 1.165) is 33.8 Å². The highest BCUT2D eigenvalue weighted by Gasteiger charge is 2.34. The van der Waals surface area contributed by atoms with Crippen molar-refractivity contribution in [3.8, 4) is 5.69 Å². The minimum absolute atomic E-state index is 0.0320. The Kier molecular flexibility index (Phi) is 6.47. The fraction of sp³-hybridized carbons (Fsp3) is 0.222. The number of aryl methyl sites for hydroxylation is 1. The summed E-state index contributed by atoms with van der Waals surface area (Å²) in [6, 6.07) is 15.4.